The van der Waals surface area contributed by atoms with Crippen LogP contribution in [0.1, 0.15) is 16.1 Å². The van der Waals surface area contributed by atoms with Gasteiger partial charge in [0, 0.05) is 18.2 Å². The van der Waals surface area contributed by atoms with Crippen LogP contribution in [0, 0.1) is 11.6 Å². The Hall–Kier alpha value is -2.08. The van der Waals surface area contributed by atoms with Crippen molar-refractivity contribution >= 4 is 23.3 Å². The van der Waals surface area contributed by atoms with E-state index in [1.165, 1.54) is 12.3 Å². The highest BCUT2D eigenvalue weighted by molar-refractivity contribution is 6.33. The number of aromatic carboxylic acids is 1. The fraction of sp³-hybridized carbons (Fsp3) is 0.0833. The molecule has 0 unspecified atom stereocenters. The van der Waals surface area contributed by atoms with Crippen LogP contribution in [0.25, 0.3) is 0 Å². The molecule has 1 aromatic carbocycles. The Morgan fingerprint density at radius 2 is 2.16 bits per heavy atom. The third-order valence-corrected chi connectivity index (χ3v) is 2.70. The smallest absolute Gasteiger partial charge is 0.372 e. The molecule has 0 atom stereocenters. The van der Waals surface area contributed by atoms with Gasteiger partial charge in [-0.3, -0.25) is 0 Å². The number of rotatable bonds is 4. The molecule has 0 radical (unpaired) electrons. The summed E-state index contributed by atoms with van der Waals surface area (Å²) in [5.74, 6) is -3.12. The monoisotopic (exact) mass is 287 g/mol. The Balaban J connectivity index is 2.19. The molecule has 100 valence electrons. The normalized spacial score (nSPS) is 10.5. The number of carboxylic acid groups (broad SMARTS) is 1. The molecule has 0 saturated carbocycles. The quantitative estimate of drug-likeness (QED) is 0.903. The molecular weight excluding hydrogens is 280 g/mol. The van der Waals surface area contributed by atoms with Crippen molar-refractivity contribution < 1.29 is 23.1 Å². The summed E-state index contributed by atoms with van der Waals surface area (Å²) in [5.41, 5.74) is 0.230. The van der Waals surface area contributed by atoms with E-state index in [0.717, 1.165) is 6.07 Å². The highest BCUT2D eigenvalue weighted by Crippen LogP contribution is 2.27. The summed E-state index contributed by atoms with van der Waals surface area (Å²) in [7, 11) is 0. The molecule has 0 spiro atoms. The molecule has 0 aliphatic rings. The minimum atomic E-state index is -1.23. The molecule has 1 heterocycles. The molecule has 7 heteroatoms. The predicted octanol–water partition coefficient (Wildman–Crippen LogP) is 3.52. The van der Waals surface area contributed by atoms with Crippen LogP contribution >= 0.6 is 11.6 Å². The number of anilines is 1. The molecule has 0 aliphatic carbocycles. The summed E-state index contributed by atoms with van der Waals surface area (Å²) in [6.45, 7) is -0.0135. The molecule has 4 nitrogen and oxygen atoms in total. The van der Waals surface area contributed by atoms with E-state index < -0.39 is 17.6 Å². The van der Waals surface area contributed by atoms with E-state index in [1.807, 2.05) is 0 Å². The molecule has 0 fully saturated rings. The summed E-state index contributed by atoms with van der Waals surface area (Å²) in [6.07, 6.45) is 1.21. The molecular formula is C12H8ClF2NO3. The van der Waals surface area contributed by atoms with Crippen LogP contribution in [0.15, 0.2) is 28.9 Å². The third kappa shape index (κ3) is 2.85. The van der Waals surface area contributed by atoms with Crippen molar-refractivity contribution in [3.63, 3.8) is 0 Å². The van der Waals surface area contributed by atoms with Crippen molar-refractivity contribution in [3.05, 3.63) is 52.4 Å². The van der Waals surface area contributed by atoms with Gasteiger partial charge >= 0.3 is 5.97 Å². The Morgan fingerprint density at radius 1 is 1.42 bits per heavy atom. The van der Waals surface area contributed by atoms with Crippen LogP contribution in [0.2, 0.25) is 5.02 Å². The molecule has 2 N–H and O–H groups in total. The van der Waals surface area contributed by atoms with Crippen LogP contribution in [0.3, 0.4) is 0 Å². The summed E-state index contributed by atoms with van der Waals surface area (Å²) in [6, 6.07) is 3.08. The second kappa shape index (κ2) is 5.27. The van der Waals surface area contributed by atoms with E-state index in [1.54, 1.807) is 0 Å². The lowest BCUT2D eigenvalue weighted by molar-refractivity contribution is 0.0661. The van der Waals surface area contributed by atoms with Crippen molar-refractivity contribution in [1.29, 1.82) is 0 Å². The van der Waals surface area contributed by atoms with Gasteiger partial charge in [0.1, 0.15) is 5.82 Å². The van der Waals surface area contributed by atoms with Gasteiger partial charge < -0.3 is 14.8 Å². The van der Waals surface area contributed by atoms with Gasteiger partial charge in [0.05, 0.1) is 17.0 Å². The topological polar surface area (TPSA) is 62.5 Å². The van der Waals surface area contributed by atoms with Crippen LogP contribution in [0.4, 0.5) is 14.5 Å². The van der Waals surface area contributed by atoms with Gasteiger partial charge in [-0.15, -0.1) is 0 Å². The van der Waals surface area contributed by atoms with E-state index in [4.69, 9.17) is 21.1 Å². The van der Waals surface area contributed by atoms with Gasteiger partial charge in [-0.05, 0) is 12.1 Å². The average Bonchev–Trinajstić information content (AvgIpc) is 2.75. The summed E-state index contributed by atoms with van der Waals surface area (Å²) in [5, 5.41) is 11.3. The van der Waals surface area contributed by atoms with E-state index in [0.29, 0.717) is 11.6 Å². The van der Waals surface area contributed by atoms with Crippen LogP contribution in [0.5, 0.6) is 0 Å². The first kappa shape index (κ1) is 13.4. The number of furan rings is 1. The van der Waals surface area contributed by atoms with Gasteiger partial charge in [0.15, 0.2) is 5.82 Å². The third-order valence-electron chi connectivity index (χ3n) is 2.40. The fourth-order valence-electron chi connectivity index (χ4n) is 1.56. The lowest BCUT2D eigenvalue weighted by atomic mass is 10.2. The molecule has 2 rings (SSSR count). The van der Waals surface area contributed by atoms with E-state index in [2.05, 4.69) is 5.32 Å². The van der Waals surface area contributed by atoms with Crippen molar-refractivity contribution in [2.75, 3.05) is 5.32 Å². The zero-order valence-electron chi connectivity index (χ0n) is 9.41. The van der Waals surface area contributed by atoms with Crippen LogP contribution < -0.4 is 5.32 Å². The number of hydrogen-bond donors (Lipinski definition) is 2. The first-order valence-electron chi connectivity index (χ1n) is 5.17. The maximum Gasteiger partial charge on any atom is 0.372 e. The minimum absolute atomic E-state index is 0.0135. The zero-order valence-corrected chi connectivity index (χ0v) is 10.2. The van der Waals surface area contributed by atoms with E-state index in [-0.39, 0.29) is 23.0 Å². The zero-order chi connectivity index (χ0) is 14.0. The van der Waals surface area contributed by atoms with Gasteiger partial charge in [0.25, 0.3) is 0 Å². The number of carboxylic acids is 1. The Bertz CT molecular complexity index is 604. The minimum Gasteiger partial charge on any atom is -0.475 e. The number of carbonyl (C=O) groups is 1. The predicted molar refractivity (Wildman–Crippen MR) is 64.4 cm³/mol. The first-order chi connectivity index (χ1) is 8.99. The maximum atomic E-state index is 13.5. The molecule has 2 aromatic rings. The SMILES string of the molecule is O=C(O)c1occc1CNc1c(F)cc(F)cc1Cl. The largest absolute Gasteiger partial charge is 0.475 e. The maximum absolute atomic E-state index is 13.5. The molecule has 0 amide bonds. The first-order valence-corrected chi connectivity index (χ1v) is 5.55. The standard InChI is InChI=1S/C12H8ClF2NO3/c13-8-3-7(14)4-9(15)10(8)16-5-6-1-2-19-11(6)12(17)18/h1-4,16H,5H2,(H,17,18). The van der Waals surface area contributed by atoms with Crippen LogP contribution in [-0.4, -0.2) is 11.1 Å². The van der Waals surface area contributed by atoms with Crippen molar-refractivity contribution in [3.8, 4) is 0 Å². The summed E-state index contributed by atoms with van der Waals surface area (Å²) >= 11 is 5.70. The number of hydrogen-bond acceptors (Lipinski definition) is 3. The van der Waals surface area contributed by atoms with Gasteiger partial charge in [-0.1, -0.05) is 11.6 Å². The lowest BCUT2D eigenvalue weighted by Gasteiger charge is -2.09. The number of halogens is 3. The number of nitrogens with one attached hydrogen (secondary N) is 1. The second-order valence-corrected chi connectivity index (χ2v) is 4.09. The van der Waals surface area contributed by atoms with Crippen molar-refractivity contribution in [2.45, 2.75) is 6.54 Å². The molecule has 0 saturated heterocycles. The molecule has 1 aromatic heterocycles. The molecule has 19 heavy (non-hydrogen) atoms. The highest BCUT2D eigenvalue weighted by atomic mass is 35.5. The van der Waals surface area contributed by atoms with Gasteiger partial charge in [-0.2, -0.15) is 0 Å². The number of benzene rings is 1. The molecule has 0 bridgehead atoms. The van der Waals surface area contributed by atoms with Gasteiger partial charge in [0.2, 0.25) is 5.76 Å². The lowest BCUT2D eigenvalue weighted by Crippen LogP contribution is -2.06. The highest BCUT2D eigenvalue weighted by Gasteiger charge is 2.15. The van der Waals surface area contributed by atoms with Gasteiger partial charge in [-0.25, -0.2) is 13.6 Å². The van der Waals surface area contributed by atoms with E-state index >= 15 is 0 Å². The van der Waals surface area contributed by atoms with Crippen LogP contribution in [-0.2, 0) is 6.54 Å². The Kier molecular flexibility index (Phi) is 3.71. The average molecular weight is 288 g/mol. The summed E-state index contributed by atoms with van der Waals surface area (Å²) in [4.78, 5) is 10.8. The van der Waals surface area contributed by atoms with Crippen molar-refractivity contribution in [1.82, 2.24) is 0 Å². The fourth-order valence-corrected chi connectivity index (χ4v) is 1.82. The Labute approximate surface area is 111 Å². The second-order valence-electron chi connectivity index (χ2n) is 3.68. The van der Waals surface area contributed by atoms with Crippen molar-refractivity contribution in [2.24, 2.45) is 0 Å². The Morgan fingerprint density at radius 3 is 2.79 bits per heavy atom. The summed E-state index contributed by atoms with van der Waals surface area (Å²) < 4.78 is 31.1. The molecule has 0 aliphatic heterocycles. The van der Waals surface area contributed by atoms with E-state index in [9.17, 15) is 13.6 Å².